The van der Waals surface area contributed by atoms with Gasteiger partial charge in [0.25, 0.3) is 0 Å². The average molecular weight is 384 g/mol. The Bertz CT molecular complexity index is 846. The molecule has 0 atom stereocenters. The first kappa shape index (κ1) is 19.8. The SMILES string of the molecule is Cc1ccc(NC(=O)NC(=O)CN2CCN(c3ccc(F)cc3)CC2)cc1C. The summed E-state index contributed by atoms with van der Waals surface area (Å²) in [7, 11) is 0. The molecule has 0 unspecified atom stereocenters. The van der Waals surface area contributed by atoms with Crippen LogP contribution in [0.3, 0.4) is 0 Å². The standard InChI is InChI=1S/C21H25FN4O2/c1-15-3-6-18(13-16(15)2)23-21(28)24-20(27)14-25-9-11-26(12-10-25)19-7-4-17(22)5-8-19/h3-8,13H,9-12,14H2,1-2H3,(H2,23,24,27,28). The molecule has 1 fully saturated rings. The molecule has 3 rings (SSSR count). The molecule has 0 bridgehead atoms. The van der Waals surface area contributed by atoms with Gasteiger partial charge >= 0.3 is 6.03 Å². The predicted molar refractivity (Wildman–Crippen MR) is 108 cm³/mol. The van der Waals surface area contributed by atoms with E-state index in [4.69, 9.17) is 0 Å². The van der Waals surface area contributed by atoms with Gasteiger partial charge in [-0.2, -0.15) is 0 Å². The molecular formula is C21H25FN4O2. The second-order valence-electron chi connectivity index (χ2n) is 7.04. The third kappa shape index (κ3) is 5.29. The second kappa shape index (κ2) is 8.84. The fraction of sp³-hybridized carbons (Fsp3) is 0.333. The lowest BCUT2D eigenvalue weighted by atomic mass is 10.1. The summed E-state index contributed by atoms with van der Waals surface area (Å²) < 4.78 is 13.0. The van der Waals surface area contributed by atoms with Crippen molar-refractivity contribution in [2.24, 2.45) is 0 Å². The van der Waals surface area contributed by atoms with E-state index in [1.54, 1.807) is 18.2 Å². The molecule has 1 saturated heterocycles. The largest absolute Gasteiger partial charge is 0.369 e. The first-order valence-corrected chi connectivity index (χ1v) is 9.31. The van der Waals surface area contributed by atoms with Crippen LogP contribution in [0.25, 0.3) is 0 Å². The highest BCUT2D eigenvalue weighted by atomic mass is 19.1. The van der Waals surface area contributed by atoms with Crippen LogP contribution in [0.5, 0.6) is 0 Å². The van der Waals surface area contributed by atoms with Crippen molar-refractivity contribution in [3.05, 3.63) is 59.4 Å². The number of carbonyl (C=O) groups excluding carboxylic acids is 2. The van der Waals surface area contributed by atoms with E-state index in [1.807, 2.05) is 30.9 Å². The van der Waals surface area contributed by atoms with Crippen LogP contribution in [0.15, 0.2) is 42.5 Å². The lowest BCUT2D eigenvalue weighted by molar-refractivity contribution is -0.121. The quantitative estimate of drug-likeness (QED) is 0.851. The van der Waals surface area contributed by atoms with Gasteiger partial charge in [0.05, 0.1) is 6.54 Å². The first-order valence-electron chi connectivity index (χ1n) is 9.31. The molecule has 2 aromatic rings. The number of benzene rings is 2. The van der Waals surface area contributed by atoms with Crippen LogP contribution in [-0.4, -0.2) is 49.6 Å². The highest BCUT2D eigenvalue weighted by Gasteiger charge is 2.20. The van der Waals surface area contributed by atoms with Gasteiger partial charge in [0.1, 0.15) is 5.82 Å². The molecule has 0 aliphatic carbocycles. The monoisotopic (exact) mass is 384 g/mol. The van der Waals surface area contributed by atoms with Gasteiger partial charge in [-0.25, -0.2) is 9.18 Å². The number of imide groups is 1. The Labute approximate surface area is 164 Å². The van der Waals surface area contributed by atoms with Crippen molar-refractivity contribution in [3.8, 4) is 0 Å². The van der Waals surface area contributed by atoms with E-state index in [1.165, 1.54) is 12.1 Å². The normalized spacial score (nSPS) is 14.6. The summed E-state index contributed by atoms with van der Waals surface area (Å²) in [6, 6.07) is 11.5. The molecule has 0 spiro atoms. The molecule has 7 heteroatoms. The average Bonchev–Trinajstić information content (AvgIpc) is 2.66. The molecule has 2 N–H and O–H groups in total. The summed E-state index contributed by atoms with van der Waals surface area (Å²) in [6.07, 6.45) is 0. The van der Waals surface area contributed by atoms with Crippen LogP contribution in [0.4, 0.5) is 20.6 Å². The van der Waals surface area contributed by atoms with Crippen molar-refractivity contribution < 1.29 is 14.0 Å². The van der Waals surface area contributed by atoms with Crippen LogP contribution >= 0.6 is 0 Å². The van der Waals surface area contributed by atoms with Gasteiger partial charge in [-0.15, -0.1) is 0 Å². The second-order valence-corrected chi connectivity index (χ2v) is 7.04. The van der Waals surface area contributed by atoms with E-state index in [2.05, 4.69) is 15.5 Å². The predicted octanol–water partition coefficient (Wildman–Crippen LogP) is 2.91. The zero-order chi connectivity index (χ0) is 20.1. The van der Waals surface area contributed by atoms with Crippen LogP contribution in [0, 0.1) is 19.7 Å². The number of halogens is 1. The summed E-state index contributed by atoms with van der Waals surface area (Å²) in [5.41, 5.74) is 3.84. The third-order valence-electron chi connectivity index (χ3n) is 4.95. The molecular weight excluding hydrogens is 359 g/mol. The Kier molecular flexibility index (Phi) is 6.26. The van der Waals surface area contributed by atoms with Gasteiger partial charge in [-0.1, -0.05) is 6.07 Å². The molecule has 0 radical (unpaired) electrons. The first-order chi connectivity index (χ1) is 13.4. The zero-order valence-electron chi connectivity index (χ0n) is 16.2. The highest BCUT2D eigenvalue weighted by Crippen LogP contribution is 2.17. The number of nitrogens with zero attached hydrogens (tertiary/aromatic N) is 2. The van der Waals surface area contributed by atoms with Crippen molar-refractivity contribution in [1.82, 2.24) is 10.2 Å². The van der Waals surface area contributed by atoms with Gasteiger partial charge in [-0.05, 0) is 61.4 Å². The Morgan fingerprint density at radius 3 is 2.29 bits per heavy atom. The molecule has 0 aromatic heterocycles. The van der Waals surface area contributed by atoms with Crippen molar-refractivity contribution in [1.29, 1.82) is 0 Å². The number of piperazine rings is 1. The van der Waals surface area contributed by atoms with Crippen LogP contribution in [0.1, 0.15) is 11.1 Å². The summed E-state index contributed by atoms with van der Waals surface area (Å²) in [6.45, 7) is 7.01. The molecule has 1 aliphatic heterocycles. The smallest absolute Gasteiger partial charge is 0.325 e. The maximum absolute atomic E-state index is 13.0. The summed E-state index contributed by atoms with van der Waals surface area (Å²) in [5.74, 6) is -0.588. The number of hydrogen-bond acceptors (Lipinski definition) is 4. The maximum Gasteiger partial charge on any atom is 0.325 e. The molecule has 6 nitrogen and oxygen atoms in total. The van der Waals surface area contributed by atoms with Crippen molar-refractivity contribution >= 4 is 23.3 Å². The fourth-order valence-corrected chi connectivity index (χ4v) is 3.17. The van der Waals surface area contributed by atoms with E-state index in [0.717, 1.165) is 29.9 Å². The molecule has 1 heterocycles. The van der Waals surface area contributed by atoms with Gasteiger partial charge in [0.2, 0.25) is 5.91 Å². The van der Waals surface area contributed by atoms with Crippen molar-refractivity contribution in [3.63, 3.8) is 0 Å². The summed E-state index contributed by atoms with van der Waals surface area (Å²) >= 11 is 0. The lowest BCUT2D eigenvalue weighted by Crippen LogP contribution is -2.50. The number of rotatable bonds is 4. The van der Waals surface area contributed by atoms with Gasteiger partial charge in [-0.3, -0.25) is 15.0 Å². The topological polar surface area (TPSA) is 64.7 Å². The van der Waals surface area contributed by atoms with E-state index >= 15 is 0 Å². The van der Waals surface area contributed by atoms with Crippen molar-refractivity contribution in [2.75, 3.05) is 42.9 Å². The molecule has 28 heavy (non-hydrogen) atoms. The number of hydrogen-bond donors (Lipinski definition) is 2. The number of anilines is 2. The number of aryl methyl sites for hydroxylation is 2. The number of urea groups is 1. The zero-order valence-corrected chi connectivity index (χ0v) is 16.2. The van der Waals surface area contributed by atoms with Gasteiger partial charge in [0, 0.05) is 37.6 Å². The number of nitrogens with one attached hydrogen (secondary N) is 2. The minimum absolute atomic E-state index is 0.164. The minimum Gasteiger partial charge on any atom is -0.369 e. The third-order valence-corrected chi connectivity index (χ3v) is 4.95. The minimum atomic E-state index is -0.529. The molecule has 0 saturated carbocycles. The summed E-state index contributed by atoms with van der Waals surface area (Å²) in [4.78, 5) is 28.3. The fourth-order valence-electron chi connectivity index (χ4n) is 3.17. The summed E-state index contributed by atoms with van der Waals surface area (Å²) in [5, 5.41) is 5.06. The Balaban J connectivity index is 1.43. The Morgan fingerprint density at radius 2 is 1.64 bits per heavy atom. The highest BCUT2D eigenvalue weighted by molar-refractivity contribution is 6.01. The molecule has 1 aliphatic rings. The lowest BCUT2D eigenvalue weighted by Gasteiger charge is -2.35. The van der Waals surface area contributed by atoms with Crippen LogP contribution < -0.4 is 15.5 Å². The van der Waals surface area contributed by atoms with E-state index in [9.17, 15) is 14.0 Å². The maximum atomic E-state index is 13.0. The number of carbonyl (C=O) groups is 2. The van der Waals surface area contributed by atoms with Gasteiger partial charge < -0.3 is 10.2 Å². The van der Waals surface area contributed by atoms with Crippen molar-refractivity contribution in [2.45, 2.75) is 13.8 Å². The Morgan fingerprint density at radius 1 is 0.964 bits per heavy atom. The van der Waals surface area contributed by atoms with E-state index < -0.39 is 6.03 Å². The number of amides is 3. The molecule has 3 amide bonds. The van der Waals surface area contributed by atoms with Crippen LogP contribution in [-0.2, 0) is 4.79 Å². The van der Waals surface area contributed by atoms with E-state index in [-0.39, 0.29) is 18.3 Å². The van der Waals surface area contributed by atoms with Crippen LogP contribution in [0.2, 0.25) is 0 Å². The molecule has 148 valence electrons. The molecule has 2 aromatic carbocycles. The van der Waals surface area contributed by atoms with E-state index in [0.29, 0.717) is 18.8 Å². The Hall–Kier alpha value is -2.93. The van der Waals surface area contributed by atoms with Gasteiger partial charge in [0.15, 0.2) is 0 Å².